The molecule has 0 radical (unpaired) electrons. The molecule has 21 heavy (non-hydrogen) atoms. The van der Waals surface area contributed by atoms with Crippen molar-refractivity contribution >= 4 is 10.8 Å². The zero-order chi connectivity index (χ0) is 14.7. The van der Waals surface area contributed by atoms with Gasteiger partial charge in [0, 0.05) is 0 Å². The lowest BCUT2D eigenvalue weighted by Crippen LogP contribution is -2.21. The topological polar surface area (TPSA) is 12.0 Å². The molecule has 0 bridgehead atoms. The third-order valence-corrected chi connectivity index (χ3v) is 3.72. The van der Waals surface area contributed by atoms with Crippen LogP contribution >= 0.6 is 0 Å². The predicted molar refractivity (Wildman–Crippen MR) is 85.9 cm³/mol. The lowest BCUT2D eigenvalue weighted by atomic mass is 9.96. The number of benzene rings is 3. The van der Waals surface area contributed by atoms with Gasteiger partial charge >= 0.3 is 0 Å². The van der Waals surface area contributed by atoms with Gasteiger partial charge in [-0.15, -0.1) is 0 Å². The van der Waals surface area contributed by atoms with Crippen LogP contribution in [0, 0.1) is 5.82 Å². The van der Waals surface area contributed by atoms with Crippen molar-refractivity contribution in [1.82, 2.24) is 5.32 Å². The highest BCUT2D eigenvalue weighted by Crippen LogP contribution is 2.25. The lowest BCUT2D eigenvalue weighted by molar-refractivity contribution is 0.614. The van der Waals surface area contributed by atoms with Crippen molar-refractivity contribution in [2.24, 2.45) is 0 Å². The molecule has 3 aromatic rings. The summed E-state index contributed by atoms with van der Waals surface area (Å²) in [4.78, 5) is 0. The zero-order valence-electron chi connectivity index (χ0n) is 12.0. The number of nitrogens with one attached hydrogen (secondary N) is 1. The molecule has 0 aliphatic carbocycles. The molecule has 0 saturated carbocycles. The summed E-state index contributed by atoms with van der Waals surface area (Å²) in [6, 6.07) is 21.6. The summed E-state index contributed by atoms with van der Waals surface area (Å²) in [7, 11) is 0. The standard InChI is InChI=1S/C19H18FN/c1-2-21-19(15-9-11-18(20)12-10-15)17-8-7-14-5-3-4-6-16(14)13-17/h3-13,19,21H,2H2,1H3. The second-order valence-electron chi connectivity index (χ2n) is 5.15. The van der Waals surface area contributed by atoms with Crippen molar-refractivity contribution in [3.63, 3.8) is 0 Å². The van der Waals surface area contributed by atoms with Crippen LogP contribution in [0.5, 0.6) is 0 Å². The molecular weight excluding hydrogens is 261 g/mol. The molecule has 1 N–H and O–H groups in total. The maximum absolute atomic E-state index is 13.1. The van der Waals surface area contributed by atoms with Gasteiger partial charge in [-0.25, -0.2) is 4.39 Å². The van der Waals surface area contributed by atoms with Crippen LogP contribution in [0.2, 0.25) is 0 Å². The van der Waals surface area contributed by atoms with Gasteiger partial charge in [0.2, 0.25) is 0 Å². The monoisotopic (exact) mass is 279 g/mol. The molecule has 0 amide bonds. The summed E-state index contributed by atoms with van der Waals surface area (Å²) in [5.41, 5.74) is 2.27. The minimum atomic E-state index is -0.201. The Bertz CT molecular complexity index is 734. The highest BCUT2D eigenvalue weighted by Gasteiger charge is 2.13. The maximum Gasteiger partial charge on any atom is 0.123 e. The Morgan fingerprint density at radius 1 is 0.857 bits per heavy atom. The van der Waals surface area contributed by atoms with Crippen molar-refractivity contribution in [3.05, 3.63) is 83.7 Å². The Morgan fingerprint density at radius 3 is 2.24 bits per heavy atom. The first kappa shape index (κ1) is 13.8. The van der Waals surface area contributed by atoms with Gasteiger partial charge < -0.3 is 5.32 Å². The Hall–Kier alpha value is -2.19. The van der Waals surface area contributed by atoms with Crippen molar-refractivity contribution in [2.45, 2.75) is 13.0 Å². The van der Waals surface area contributed by atoms with Crippen LogP contribution in [0.25, 0.3) is 10.8 Å². The number of hydrogen-bond donors (Lipinski definition) is 1. The van der Waals surface area contributed by atoms with Gasteiger partial charge in [-0.2, -0.15) is 0 Å². The number of rotatable bonds is 4. The lowest BCUT2D eigenvalue weighted by Gasteiger charge is -2.19. The quantitative estimate of drug-likeness (QED) is 0.731. The molecule has 106 valence electrons. The molecule has 0 saturated heterocycles. The van der Waals surface area contributed by atoms with Crippen LogP contribution in [0.3, 0.4) is 0 Å². The third kappa shape index (κ3) is 2.96. The second kappa shape index (κ2) is 6.06. The normalized spacial score (nSPS) is 12.5. The SMILES string of the molecule is CCNC(c1ccc(F)cc1)c1ccc2ccccc2c1. The van der Waals surface area contributed by atoms with Crippen molar-refractivity contribution in [3.8, 4) is 0 Å². The largest absolute Gasteiger partial charge is 0.307 e. The fraction of sp³-hybridized carbons (Fsp3) is 0.158. The van der Waals surface area contributed by atoms with E-state index in [1.807, 2.05) is 24.3 Å². The van der Waals surface area contributed by atoms with E-state index in [4.69, 9.17) is 0 Å². The van der Waals surface area contributed by atoms with Gasteiger partial charge in [-0.05, 0) is 46.6 Å². The molecule has 3 aromatic carbocycles. The first-order chi connectivity index (χ1) is 10.3. The second-order valence-corrected chi connectivity index (χ2v) is 5.15. The van der Waals surface area contributed by atoms with Gasteiger partial charge in [0.05, 0.1) is 6.04 Å². The van der Waals surface area contributed by atoms with E-state index in [0.29, 0.717) is 0 Å². The van der Waals surface area contributed by atoms with Gasteiger partial charge in [-0.1, -0.05) is 55.5 Å². The van der Waals surface area contributed by atoms with E-state index in [1.54, 1.807) is 0 Å². The smallest absolute Gasteiger partial charge is 0.123 e. The highest BCUT2D eigenvalue weighted by molar-refractivity contribution is 5.83. The van der Waals surface area contributed by atoms with Crippen LogP contribution in [-0.2, 0) is 0 Å². The first-order valence-electron chi connectivity index (χ1n) is 7.25. The van der Waals surface area contributed by atoms with Crippen LogP contribution in [0.4, 0.5) is 4.39 Å². The third-order valence-electron chi connectivity index (χ3n) is 3.72. The molecule has 0 aliphatic rings. The van der Waals surface area contributed by atoms with E-state index < -0.39 is 0 Å². The van der Waals surface area contributed by atoms with E-state index >= 15 is 0 Å². The number of fused-ring (bicyclic) bond motifs is 1. The molecule has 1 atom stereocenters. The fourth-order valence-electron chi connectivity index (χ4n) is 2.67. The molecule has 1 unspecified atom stereocenters. The fourth-order valence-corrected chi connectivity index (χ4v) is 2.67. The summed E-state index contributed by atoms with van der Waals surface area (Å²) in [5, 5.41) is 5.93. The van der Waals surface area contributed by atoms with Crippen molar-refractivity contribution in [2.75, 3.05) is 6.54 Å². The van der Waals surface area contributed by atoms with E-state index in [-0.39, 0.29) is 11.9 Å². The Labute approximate surface area is 124 Å². The number of hydrogen-bond acceptors (Lipinski definition) is 1. The van der Waals surface area contributed by atoms with Crippen LogP contribution in [0.15, 0.2) is 66.7 Å². The average molecular weight is 279 g/mol. The first-order valence-corrected chi connectivity index (χ1v) is 7.25. The van der Waals surface area contributed by atoms with Crippen LogP contribution < -0.4 is 5.32 Å². The molecule has 2 heteroatoms. The minimum absolute atomic E-state index is 0.0835. The average Bonchev–Trinajstić information content (AvgIpc) is 2.53. The molecule has 1 nitrogen and oxygen atoms in total. The Kier molecular flexibility index (Phi) is 3.98. The molecule has 0 heterocycles. The van der Waals surface area contributed by atoms with Gasteiger partial charge in [-0.3, -0.25) is 0 Å². The molecule has 0 fully saturated rings. The van der Waals surface area contributed by atoms with E-state index in [2.05, 4.69) is 42.6 Å². The van der Waals surface area contributed by atoms with Crippen LogP contribution in [-0.4, -0.2) is 6.54 Å². The molecule has 3 rings (SSSR count). The summed E-state index contributed by atoms with van der Waals surface area (Å²) >= 11 is 0. The van der Waals surface area contributed by atoms with E-state index in [1.165, 1.54) is 28.5 Å². The van der Waals surface area contributed by atoms with E-state index in [0.717, 1.165) is 12.1 Å². The minimum Gasteiger partial charge on any atom is -0.307 e. The number of halogens is 1. The van der Waals surface area contributed by atoms with Gasteiger partial charge in [0.25, 0.3) is 0 Å². The van der Waals surface area contributed by atoms with Gasteiger partial charge in [0.1, 0.15) is 5.82 Å². The van der Waals surface area contributed by atoms with E-state index in [9.17, 15) is 4.39 Å². The molecule has 0 aliphatic heterocycles. The maximum atomic E-state index is 13.1. The molecule has 0 spiro atoms. The Morgan fingerprint density at radius 2 is 1.52 bits per heavy atom. The van der Waals surface area contributed by atoms with Crippen molar-refractivity contribution in [1.29, 1.82) is 0 Å². The summed E-state index contributed by atoms with van der Waals surface area (Å²) in [5.74, 6) is -0.201. The summed E-state index contributed by atoms with van der Waals surface area (Å²) in [6.07, 6.45) is 0. The summed E-state index contributed by atoms with van der Waals surface area (Å²) in [6.45, 7) is 2.94. The predicted octanol–water partition coefficient (Wildman–Crippen LogP) is 4.68. The molecular formula is C19H18FN. The van der Waals surface area contributed by atoms with Crippen LogP contribution in [0.1, 0.15) is 24.1 Å². The molecule has 0 aromatic heterocycles. The zero-order valence-corrected chi connectivity index (χ0v) is 12.0. The van der Waals surface area contributed by atoms with Crippen molar-refractivity contribution < 1.29 is 4.39 Å². The Balaban J connectivity index is 2.04. The highest BCUT2D eigenvalue weighted by atomic mass is 19.1. The van der Waals surface area contributed by atoms with Gasteiger partial charge in [0.15, 0.2) is 0 Å². The summed E-state index contributed by atoms with van der Waals surface area (Å²) < 4.78 is 13.1.